The Morgan fingerprint density at radius 3 is 2.95 bits per heavy atom. The van der Waals surface area contributed by atoms with Crippen LogP contribution in [0.25, 0.3) is 6.08 Å². The first-order valence-electron chi connectivity index (χ1n) is 7.47. The van der Waals surface area contributed by atoms with Crippen LogP contribution < -0.4 is 5.32 Å². The fraction of sp³-hybridized carbons (Fsp3) is 0.562. The van der Waals surface area contributed by atoms with E-state index in [1.807, 2.05) is 11.3 Å². The highest BCUT2D eigenvalue weighted by Crippen LogP contribution is 2.42. The summed E-state index contributed by atoms with van der Waals surface area (Å²) < 4.78 is 0. The van der Waals surface area contributed by atoms with E-state index in [9.17, 15) is 4.79 Å². The van der Waals surface area contributed by atoms with Gasteiger partial charge in [0.2, 0.25) is 0 Å². The Labute approximate surface area is 129 Å². The fourth-order valence-corrected chi connectivity index (χ4v) is 5.31. The number of fused-ring (bicyclic) bond motifs is 3. The van der Waals surface area contributed by atoms with Crippen molar-refractivity contribution in [3.05, 3.63) is 25.8 Å². The highest BCUT2D eigenvalue weighted by atomic mass is 32.2. The number of hydrogen-bond acceptors (Lipinski definition) is 3. The van der Waals surface area contributed by atoms with Crippen molar-refractivity contribution < 1.29 is 4.79 Å². The summed E-state index contributed by atoms with van der Waals surface area (Å²) >= 11 is 3.61. The average Bonchev–Trinajstić information content (AvgIpc) is 2.84. The Kier molecular flexibility index (Phi) is 4.22. The number of hydrogen-bond donors (Lipinski definition) is 1. The molecule has 0 fully saturated rings. The van der Waals surface area contributed by atoms with E-state index < -0.39 is 0 Å². The number of thioether (sulfide) groups is 1. The van der Waals surface area contributed by atoms with Crippen molar-refractivity contribution in [3.8, 4) is 0 Å². The number of thiophene rings is 1. The third kappa shape index (κ3) is 2.68. The van der Waals surface area contributed by atoms with Crippen molar-refractivity contribution in [1.29, 1.82) is 0 Å². The fourth-order valence-electron chi connectivity index (χ4n) is 2.77. The van der Waals surface area contributed by atoms with Crippen LogP contribution in [0.3, 0.4) is 0 Å². The van der Waals surface area contributed by atoms with Gasteiger partial charge in [0, 0.05) is 21.5 Å². The molecular weight excluding hydrogens is 286 g/mol. The average molecular weight is 307 g/mol. The van der Waals surface area contributed by atoms with Crippen LogP contribution >= 0.6 is 23.1 Å². The van der Waals surface area contributed by atoms with Gasteiger partial charge in [0.25, 0.3) is 5.91 Å². The van der Waals surface area contributed by atoms with E-state index in [0.29, 0.717) is 0 Å². The number of carbonyl (C=O) groups is 1. The Morgan fingerprint density at radius 2 is 2.15 bits per heavy atom. The predicted octanol–water partition coefficient (Wildman–Crippen LogP) is 4.13. The molecule has 1 aromatic heterocycles. The monoisotopic (exact) mass is 307 g/mol. The summed E-state index contributed by atoms with van der Waals surface area (Å²) in [6.07, 6.45) is 8.22. The van der Waals surface area contributed by atoms with Crippen LogP contribution in [-0.4, -0.2) is 11.9 Å². The molecule has 4 heteroatoms. The van der Waals surface area contributed by atoms with Crippen molar-refractivity contribution >= 4 is 35.1 Å². The molecule has 1 amide bonds. The molecule has 20 heavy (non-hydrogen) atoms. The molecule has 0 spiro atoms. The van der Waals surface area contributed by atoms with Gasteiger partial charge in [-0.2, -0.15) is 0 Å². The lowest BCUT2D eigenvalue weighted by atomic mass is 9.95. The van der Waals surface area contributed by atoms with Gasteiger partial charge in [-0.05, 0) is 56.2 Å². The van der Waals surface area contributed by atoms with Gasteiger partial charge in [-0.3, -0.25) is 4.79 Å². The normalized spacial score (nSPS) is 18.8. The molecule has 1 aliphatic carbocycles. The molecule has 0 radical (unpaired) electrons. The Balaban J connectivity index is 1.83. The van der Waals surface area contributed by atoms with Crippen LogP contribution in [0, 0.1) is 0 Å². The van der Waals surface area contributed by atoms with Crippen LogP contribution in [0.4, 0.5) is 0 Å². The van der Waals surface area contributed by atoms with Gasteiger partial charge in [0.05, 0.1) is 4.91 Å². The predicted molar refractivity (Wildman–Crippen MR) is 88.1 cm³/mol. The summed E-state index contributed by atoms with van der Waals surface area (Å²) in [6, 6.07) is 0.252. The molecule has 108 valence electrons. The van der Waals surface area contributed by atoms with E-state index in [1.165, 1.54) is 36.1 Å². The molecule has 1 aromatic rings. The number of aryl methyl sites for hydroxylation is 1. The zero-order valence-electron chi connectivity index (χ0n) is 12.1. The lowest BCUT2D eigenvalue weighted by Crippen LogP contribution is -2.32. The second-order valence-electron chi connectivity index (χ2n) is 5.63. The zero-order chi connectivity index (χ0) is 14.1. The topological polar surface area (TPSA) is 29.1 Å². The minimum Gasteiger partial charge on any atom is -0.349 e. The minimum atomic E-state index is 0.0985. The van der Waals surface area contributed by atoms with E-state index in [4.69, 9.17) is 0 Å². The van der Waals surface area contributed by atoms with Crippen LogP contribution in [0.15, 0.2) is 4.91 Å². The van der Waals surface area contributed by atoms with Crippen molar-refractivity contribution in [2.24, 2.45) is 0 Å². The molecule has 2 heterocycles. The van der Waals surface area contributed by atoms with Crippen LogP contribution in [0.2, 0.25) is 0 Å². The summed E-state index contributed by atoms with van der Waals surface area (Å²) in [5, 5.41) is 3.07. The standard InChI is InChI=1S/C16H21NOS2/c1-3-10(2)17-16(18)15-8-14-12(9-19-15)11-6-4-5-7-13(11)20-14/h8,10H,3-7,9H2,1-2H3,(H,17,18)/t10-/m1/s1. The van der Waals surface area contributed by atoms with Gasteiger partial charge in [-0.1, -0.05) is 6.92 Å². The third-order valence-electron chi connectivity index (χ3n) is 4.16. The van der Waals surface area contributed by atoms with E-state index in [2.05, 4.69) is 25.2 Å². The van der Waals surface area contributed by atoms with Crippen molar-refractivity contribution in [1.82, 2.24) is 5.32 Å². The SMILES string of the molecule is CC[C@@H](C)NC(=O)C1=Cc2sc3c(c2CS1)CCCC3. The number of nitrogens with one attached hydrogen (secondary N) is 1. The highest BCUT2D eigenvalue weighted by Gasteiger charge is 2.25. The first kappa shape index (κ1) is 14.2. The Bertz CT molecular complexity index is 559. The third-order valence-corrected chi connectivity index (χ3v) is 6.49. The lowest BCUT2D eigenvalue weighted by Gasteiger charge is -2.17. The number of carbonyl (C=O) groups excluding carboxylic acids is 1. The second-order valence-corrected chi connectivity index (χ2v) is 7.79. The van der Waals surface area contributed by atoms with E-state index in [-0.39, 0.29) is 11.9 Å². The molecule has 0 aromatic carbocycles. The van der Waals surface area contributed by atoms with Gasteiger partial charge in [0.15, 0.2) is 0 Å². The van der Waals surface area contributed by atoms with Crippen LogP contribution in [-0.2, 0) is 23.4 Å². The van der Waals surface area contributed by atoms with E-state index in [0.717, 1.165) is 17.1 Å². The molecule has 1 N–H and O–H groups in total. The van der Waals surface area contributed by atoms with Gasteiger partial charge < -0.3 is 5.32 Å². The molecule has 0 saturated carbocycles. The summed E-state index contributed by atoms with van der Waals surface area (Å²) in [7, 11) is 0. The Hall–Kier alpha value is -0.740. The Morgan fingerprint density at radius 1 is 1.35 bits per heavy atom. The maximum atomic E-state index is 12.2. The van der Waals surface area contributed by atoms with Crippen LogP contribution in [0.5, 0.6) is 0 Å². The molecule has 1 aliphatic heterocycles. The molecule has 3 rings (SSSR count). The summed E-state index contributed by atoms with van der Waals surface area (Å²) in [5.74, 6) is 1.07. The maximum Gasteiger partial charge on any atom is 0.257 e. The molecular formula is C16H21NOS2. The number of amides is 1. The van der Waals surface area contributed by atoms with E-state index >= 15 is 0 Å². The zero-order valence-corrected chi connectivity index (χ0v) is 13.8. The number of rotatable bonds is 3. The van der Waals surface area contributed by atoms with Crippen molar-refractivity contribution in [2.45, 2.75) is 57.7 Å². The maximum absolute atomic E-state index is 12.2. The summed E-state index contributed by atoms with van der Waals surface area (Å²) in [6.45, 7) is 4.15. The van der Waals surface area contributed by atoms with Crippen molar-refractivity contribution in [3.63, 3.8) is 0 Å². The van der Waals surface area contributed by atoms with Gasteiger partial charge in [0.1, 0.15) is 0 Å². The quantitative estimate of drug-likeness (QED) is 0.909. The van der Waals surface area contributed by atoms with E-state index in [1.54, 1.807) is 22.2 Å². The summed E-state index contributed by atoms with van der Waals surface area (Å²) in [4.78, 5) is 16.0. The molecule has 0 bridgehead atoms. The second kappa shape index (κ2) is 5.94. The van der Waals surface area contributed by atoms with Crippen molar-refractivity contribution in [2.75, 3.05) is 0 Å². The molecule has 0 saturated heterocycles. The molecule has 1 atom stereocenters. The molecule has 2 nitrogen and oxygen atoms in total. The van der Waals surface area contributed by atoms with Crippen LogP contribution in [0.1, 0.15) is 54.0 Å². The molecule has 0 unspecified atom stereocenters. The van der Waals surface area contributed by atoms with Gasteiger partial charge in [-0.15, -0.1) is 23.1 Å². The molecule has 2 aliphatic rings. The highest BCUT2D eigenvalue weighted by molar-refractivity contribution is 8.03. The lowest BCUT2D eigenvalue weighted by molar-refractivity contribution is -0.117. The summed E-state index contributed by atoms with van der Waals surface area (Å²) in [5.41, 5.74) is 3.11. The largest absolute Gasteiger partial charge is 0.349 e. The minimum absolute atomic E-state index is 0.0985. The van der Waals surface area contributed by atoms with Gasteiger partial charge in [-0.25, -0.2) is 0 Å². The van der Waals surface area contributed by atoms with Gasteiger partial charge >= 0.3 is 0 Å². The first-order valence-corrected chi connectivity index (χ1v) is 9.28. The smallest absolute Gasteiger partial charge is 0.257 e. The first-order chi connectivity index (χ1) is 9.69.